The molecule has 4 rings (SSSR count). The number of carbonyl (C=O) groups is 1. The zero-order chi connectivity index (χ0) is 24.5. The van der Waals surface area contributed by atoms with Crippen LogP contribution >= 0.6 is 0 Å². The zero-order valence-corrected chi connectivity index (χ0v) is 20.0. The molecule has 5 N–H and O–H groups in total. The highest BCUT2D eigenvalue weighted by molar-refractivity contribution is 5.95. The molecule has 3 aromatic rings. The number of anilines is 1. The van der Waals surface area contributed by atoms with Crippen LogP contribution in [0.5, 0.6) is 5.75 Å². The summed E-state index contributed by atoms with van der Waals surface area (Å²) in [6.45, 7) is 6.69. The summed E-state index contributed by atoms with van der Waals surface area (Å²) in [5, 5.41) is 13.0. The molecule has 0 unspecified atom stereocenters. The standard InChI is InChI=1S/C17H19NO2.C10H14N4/c1-4-20-16-11-14(17(19)18-3)8-9-15(16)13-7-5-6-12(2)10-13;11-2-9-6-14-5-8(10(9)12)1-7-3-13-4-7/h5-11H,4H2,1-3H3,(H,18,19);2,5-7,11,13H,1,3-4H2,(H2,12,14). The summed E-state index contributed by atoms with van der Waals surface area (Å²) in [6, 6.07) is 13.8. The fraction of sp³-hybridized carbons (Fsp3) is 0.296. The van der Waals surface area contributed by atoms with Crippen molar-refractivity contribution in [2.45, 2.75) is 20.3 Å². The molecule has 0 spiro atoms. The van der Waals surface area contributed by atoms with E-state index < -0.39 is 0 Å². The van der Waals surface area contributed by atoms with E-state index >= 15 is 0 Å². The van der Waals surface area contributed by atoms with Crippen molar-refractivity contribution in [2.75, 3.05) is 32.5 Å². The van der Waals surface area contributed by atoms with E-state index in [0.717, 1.165) is 47.5 Å². The predicted octanol–water partition coefficient (Wildman–Crippen LogP) is 3.84. The fourth-order valence-electron chi connectivity index (χ4n) is 3.75. The molecule has 1 saturated heterocycles. The molecule has 7 nitrogen and oxygen atoms in total. The summed E-state index contributed by atoms with van der Waals surface area (Å²) >= 11 is 0. The molecule has 1 aliphatic heterocycles. The van der Waals surface area contributed by atoms with Crippen molar-refractivity contribution in [2.24, 2.45) is 5.92 Å². The van der Waals surface area contributed by atoms with E-state index in [2.05, 4.69) is 34.7 Å². The number of pyridine rings is 1. The molecule has 1 aromatic heterocycles. The van der Waals surface area contributed by atoms with E-state index in [1.54, 1.807) is 25.5 Å². The lowest BCUT2D eigenvalue weighted by Gasteiger charge is -2.27. The molecule has 7 heteroatoms. The van der Waals surface area contributed by atoms with Crippen molar-refractivity contribution >= 4 is 17.8 Å². The number of ether oxygens (including phenoxy) is 1. The maximum absolute atomic E-state index is 11.7. The van der Waals surface area contributed by atoms with Crippen molar-refractivity contribution in [1.29, 1.82) is 5.41 Å². The summed E-state index contributed by atoms with van der Waals surface area (Å²) in [7, 11) is 1.62. The number of amides is 1. The molecule has 2 heterocycles. The van der Waals surface area contributed by atoms with Gasteiger partial charge in [0.2, 0.25) is 0 Å². The Morgan fingerprint density at radius 3 is 2.68 bits per heavy atom. The van der Waals surface area contributed by atoms with Crippen LogP contribution in [0.1, 0.15) is 34.0 Å². The number of nitrogens with one attached hydrogen (secondary N) is 3. The third-order valence-electron chi connectivity index (χ3n) is 5.73. The SMILES string of the molecule is CCOc1cc(C(=O)NC)ccc1-c1cccc(C)c1.N=Cc1cncc(CC2CNC2)c1N. The van der Waals surface area contributed by atoms with Crippen molar-refractivity contribution in [3.8, 4) is 16.9 Å². The summed E-state index contributed by atoms with van der Waals surface area (Å²) in [5.41, 5.74) is 12.3. The van der Waals surface area contributed by atoms with Gasteiger partial charge in [-0.05, 0) is 68.6 Å². The lowest BCUT2D eigenvalue weighted by molar-refractivity contribution is 0.0962. The molecule has 1 aliphatic rings. The lowest BCUT2D eigenvalue weighted by Crippen LogP contribution is -2.43. The molecular formula is C27H33N5O2. The predicted molar refractivity (Wildman–Crippen MR) is 138 cm³/mol. The Balaban J connectivity index is 0.000000202. The smallest absolute Gasteiger partial charge is 0.251 e. The van der Waals surface area contributed by atoms with Crippen LogP contribution < -0.4 is 21.1 Å². The third-order valence-corrected chi connectivity index (χ3v) is 5.73. The largest absolute Gasteiger partial charge is 0.493 e. The second-order valence-electron chi connectivity index (χ2n) is 8.27. The van der Waals surface area contributed by atoms with E-state index in [1.165, 1.54) is 11.8 Å². The van der Waals surface area contributed by atoms with Crippen LogP contribution in [0.15, 0.2) is 54.9 Å². The van der Waals surface area contributed by atoms with Gasteiger partial charge >= 0.3 is 0 Å². The Hall–Kier alpha value is -3.71. The molecule has 0 radical (unpaired) electrons. The number of rotatable bonds is 7. The van der Waals surface area contributed by atoms with Gasteiger partial charge in [-0.1, -0.05) is 29.8 Å². The van der Waals surface area contributed by atoms with Crippen LogP contribution in [0.4, 0.5) is 5.69 Å². The van der Waals surface area contributed by atoms with Gasteiger partial charge in [-0.3, -0.25) is 9.78 Å². The van der Waals surface area contributed by atoms with Gasteiger partial charge in [0.1, 0.15) is 5.75 Å². The van der Waals surface area contributed by atoms with Crippen LogP contribution in [0.25, 0.3) is 11.1 Å². The third kappa shape index (κ3) is 6.20. The number of aromatic nitrogens is 1. The number of nitrogens with two attached hydrogens (primary N) is 1. The van der Waals surface area contributed by atoms with Gasteiger partial charge in [0.15, 0.2) is 0 Å². The van der Waals surface area contributed by atoms with E-state index in [9.17, 15) is 4.79 Å². The molecule has 0 atom stereocenters. The summed E-state index contributed by atoms with van der Waals surface area (Å²) < 4.78 is 5.69. The van der Waals surface area contributed by atoms with Gasteiger partial charge in [0.25, 0.3) is 5.91 Å². The quantitative estimate of drug-likeness (QED) is 0.401. The van der Waals surface area contributed by atoms with Gasteiger partial charge < -0.3 is 26.5 Å². The molecule has 0 saturated carbocycles. The molecule has 178 valence electrons. The number of nitrogen functional groups attached to an aromatic ring is 1. The second kappa shape index (κ2) is 12.0. The summed E-state index contributed by atoms with van der Waals surface area (Å²) in [5.74, 6) is 1.31. The van der Waals surface area contributed by atoms with Crippen LogP contribution in [-0.2, 0) is 6.42 Å². The molecule has 2 aromatic carbocycles. The average molecular weight is 460 g/mol. The second-order valence-corrected chi connectivity index (χ2v) is 8.27. The molecule has 1 amide bonds. The topological polar surface area (TPSA) is 113 Å². The van der Waals surface area contributed by atoms with Crippen molar-refractivity contribution < 1.29 is 9.53 Å². The minimum absolute atomic E-state index is 0.109. The number of carbonyl (C=O) groups excluding carboxylic acids is 1. The number of aryl methyl sites for hydroxylation is 1. The Morgan fingerprint density at radius 2 is 2.06 bits per heavy atom. The van der Waals surface area contributed by atoms with Gasteiger partial charge in [0, 0.05) is 48.0 Å². The Morgan fingerprint density at radius 1 is 1.26 bits per heavy atom. The average Bonchev–Trinajstić information content (AvgIpc) is 2.82. The van der Waals surface area contributed by atoms with E-state index in [4.69, 9.17) is 15.9 Å². The van der Waals surface area contributed by atoms with Gasteiger partial charge in [-0.15, -0.1) is 0 Å². The monoisotopic (exact) mass is 459 g/mol. The van der Waals surface area contributed by atoms with Crippen LogP contribution in [0, 0.1) is 18.3 Å². The molecule has 34 heavy (non-hydrogen) atoms. The number of hydrogen-bond donors (Lipinski definition) is 4. The first-order valence-electron chi connectivity index (χ1n) is 11.5. The number of benzene rings is 2. The zero-order valence-electron chi connectivity index (χ0n) is 20.0. The van der Waals surface area contributed by atoms with Crippen molar-refractivity contribution in [1.82, 2.24) is 15.6 Å². The van der Waals surface area contributed by atoms with E-state index in [-0.39, 0.29) is 5.91 Å². The van der Waals surface area contributed by atoms with E-state index in [0.29, 0.717) is 23.8 Å². The molecular weight excluding hydrogens is 426 g/mol. The molecule has 1 fully saturated rings. The van der Waals surface area contributed by atoms with Crippen LogP contribution in [0.2, 0.25) is 0 Å². The van der Waals surface area contributed by atoms with Crippen molar-refractivity contribution in [3.63, 3.8) is 0 Å². The highest BCUT2D eigenvalue weighted by Gasteiger charge is 2.18. The number of nitrogens with zero attached hydrogens (tertiary/aromatic N) is 1. The fourth-order valence-corrected chi connectivity index (χ4v) is 3.75. The van der Waals surface area contributed by atoms with Crippen LogP contribution in [0.3, 0.4) is 0 Å². The summed E-state index contributed by atoms with van der Waals surface area (Å²) in [4.78, 5) is 15.8. The molecule has 0 bridgehead atoms. The first-order chi connectivity index (χ1) is 16.5. The highest BCUT2D eigenvalue weighted by Crippen LogP contribution is 2.31. The van der Waals surface area contributed by atoms with Crippen LogP contribution in [-0.4, -0.2) is 43.8 Å². The first kappa shape index (κ1) is 24.9. The maximum Gasteiger partial charge on any atom is 0.251 e. The maximum atomic E-state index is 11.7. The van der Waals surface area contributed by atoms with Crippen molar-refractivity contribution in [3.05, 3.63) is 77.1 Å². The Bertz CT molecular complexity index is 1140. The first-order valence-corrected chi connectivity index (χ1v) is 11.5. The summed E-state index contributed by atoms with van der Waals surface area (Å²) in [6.07, 6.45) is 5.66. The van der Waals surface area contributed by atoms with E-state index in [1.807, 2.05) is 31.2 Å². The van der Waals surface area contributed by atoms with Gasteiger partial charge in [0.05, 0.1) is 6.61 Å². The molecule has 0 aliphatic carbocycles. The lowest BCUT2D eigenvalue weighted by atomic mass is 9.94. The van der Waals surface area contributed by atoms with Gasteiger partial charge in [-0.25, -0.2) is 0 Å². The minimum Gasteiger partial charge on any atom is -0.493 e. The Labute approximate surface area is 201 Å². The minimum atomic E-state index is -0.109. The normalized spacial score (nSPS) is 12.7. The Kier molecular flexibility index (Phi) is 8.76. The number of hydrogen-bond acceptors (Lipinski definition) is 6. The van der Waals surface area contributed by atoms with Gasteiger partial charge in [-0.2, -0.15) is 0 Å². The highest BCUT2D eigenvalue weighted by atomic mass is 16.5.